The Balaban J connectivity index is 1.84. The largest absolute Gasteiger partial charge is 0.497 e. The zero-order valence-electron chi connectivity index (χ0n) is 21.9. The van der Waals surface area contributed by atoms with Crippen molar-refractivity contribution in [2.75, 3.05) is 40.4 Å². The van der Waals surface area contributed by atoms with Gasteiger partial charge < -0.3 is 25.4 Å². The Labute approximate surface area is 214 Å². The van der Waals surface area contributed by atoms with Crippen LogP contribution in [0.3, 0.4) is 0 Å². The number of nitrogens with one attached hydrogen (secondary N) is 1. The molecule has 0 bridgehead atoms. The van der Waals surface area contributed by atoms with Crippen LogP contribution in [0.15, 0.2) is 48.5 Å². The fraction of sp³-hybridized carbons (Fsp3) is 0.500. The molecule has 0 saturated carbocycles. The Kier molecular flexibility index (Phi) is 10.1. The molecule has 2 aromatic rings. The lowest BCUT2D eigenvalue weighted by Crippen LogP contribution is -2.57. The Morgan fingerprint density at radius 1 is 1.11 bits per heavy atom. The highest BCUT2D eigenvalue weighted by Gasteiger charge is 2.38. The number of ether oxygens (including phenoxy) is 2. The molecule has 3 rings (SSSR count). The summed E-state index contributed by atoms with van der Waals surface area (Å²) < 4.78 is 10.7. The zero-order valence-corrected chi connectivity index (χ0v) is 21.9. The molecule has 1 heterocycles. The van der Waals surface area contributed by atoms with Crippen LogP contribution in [0.4, 0.5) is 0 Å². The standard InChI is InChI=1S/C28H40N4O4/c1-20(2)18-31(19-21-7-5-9-24(15-21)35-3)23-11-14-32(26(17-23)27(33)30-13-12-29)28(34)22-8-6-10-25(16-22)36-4/h5-10,15-16,20,23,26H,11-14,17-19,29H2,1-4H3,(H,30,33)/t23?,26-/m1/s1. The molecule has 1 unspecified atom stereocenters. The SMILES string of the molecule is COc1cccc(CN(CC(C)C)C2CCN(C(=O)c3cccc(OC)c3)[C@@H](C(=O)NCCN)C2)c1. The van der Waals surface area contributed by atoms with Gasteiger partial charge in [-0.25, -0.2) is 0 Å². The van der Waals surface area contributed by atoms with Gasteiger partial charge in [0.15, 0.2) is 0 Å². The molecule has 0 radical (unpaired) electrons. The normalized spacial score (nSPS) is 17.8. The zero-order chi connectivity index (χ0) is 26.1. The van der Waals surface area contributed by atoms with Crippen LogP contribution in [0.1, 0.15) is 42.6 Å². The second-order valence-electron chi connectivity index (χ2n) is 9.68. The van der Waals surface area contributed by atoms with Gasteiger partial charge in [0.05, 0.1) is 14.2 Å². The van der Waals surface area contributed by atoms with Crippen LogP contribution in [-0.4, -0.2) is 74.1 Å². The van der Waals surface area contributed by atoms with E-state index in [9.17, 15) is 9.59 Å². The first kappa shape index (κ1) is 27.5. The molecular formula is C28H40N4O4. The number of likely N-dealkylation sites (tertiary alicyclic amines) is 1. The maximum absolute atomic E-state index is 13.5. The molecule has 1 fully saturated rings. The van der Waals surface area contributed by atoms with Crippen molar-refractivity contribution < 1.29 is 19.1 Å². The number of rotatable bonds is 11. The van der Waals surface area contributed by atoms with Gasteiger partial charge in [-0.05, 0) is 54.7 Å². The fourth-order valence-electron chi connectivity index (χ4n) is 4.82. The van der Waals surface area contributed by atoms with Crippen molar-refractivity contribution in [3.63, 3.8) is 0 Å². The van der Waals surface area contributed by atoms with Crippen molar-refractivity contribution in [2.24, 2.45) is 11.7 Å². The highest BCUT2D eigenvalue weighted by Crippen LogP contribution is 2.27. The van der Waals surface area contributed by atoms with Crippen molar-refractivity contribution in [3.05, 3.63) is 59.7 Å². The number of hydrogen-bond acceptors (Lipinski definition) is 6. The number of piperidine rings is 1. The van der Waals surface area contributed by atoms with E-state index in [0.29, 0.717) is 43.3 Å². The quantitative estimate of drug-likeness (QED) is 0.497. The first-order valence-electron chi connectivity index (χ1n) is 12.7. The Morgan fingerprint density at radius 3 is 2.47 bits per heavy atom. The van der Waals surface area contributed by atoms with Crippen LogP contribution in [0.25, 0.3) is 0 Å². The van der Waals surface area contributed by atoms with E-state index in [1.54, 1.807) is 43.4 Å². The molecule has 1 aliphatic heterocycles. The summed E-state index contributed by atoms with van der Waals surface area (Å²) in [5, 5.41) is 2.91. The Hall–Kier alpha value is -3.10. The van der Waals surface area contributed by atoms with Crippen LogP contribution < -0.4 is 20.5 Å². The molecule has 2 amide bonds. The second-order valence-corrected chi connectivity index (χ2v) is 9.68. The molecule has 8 heteroatoms. The summed E-state index contributed by atoms with van der Waals surface area (Å²) in [5.74, 6) is 1.57. The number of nitrogens with zero attached hydrogens (tertiary/aromatic N) is 2. The van der Waals surface area contributed by atoms with Crippen LogP contribution in [0, 0.1) is 5.92 Å². The average molecular weight is 497 g/mol. The topological polar surface area (TPSA) is 97.1 Å². The van der Waals surface area contributed by atoms with Crippen molar-refractivity contribution in [1.82, 2.24) is 15.1 Å². The van der Waals surface area contributed by atoms with Crippen LogP contribution >= 0.6 is 0 Å². The molecule has 0 spiro atoms. The Morgan fingerprint density at radius 2 is 1.81 bits per heavy atom. The van der Waals surface area contributed by atoms with Gasteiger partial charge in [-0.1, -0.05) is 32.0 Å². The molecule has 8 nitrogen and oxygen atoms in total. The van der Waals surface area contributed by atoms with Gasteiger partial charge in [-0.15, -0.1) is 0 Å². The maximum Gasteiger partial charge on any atom is 0.254 e. The number of amides is 2. The van der Waals surface area contributed by atoms with Gasteiger partial charge in [0.25, 0.3) is 5.91 Å². The molecule has 2 aromatic carbocycles. The van der Waals surface area contributed by atoms with E-state index in [0.717, 1.165) is 30.8 Å². The number of carbonyl (C=O) groups is 2. The monoisotopic (exact) mass is 496 g/mol. The first-order valence-corrected chi connectivity index (χ1v) is 12.7. The van der Waals surface area contributed by atoms with E-state index in [4.69, 9.17) is 15.2 Å². The summed E-state index contributed by atoms with van der Waals surface area (Å²) in [6.45, 7) is 7.26. The van der Waals surface area contributed by atoms with E-state index < -0.39 is 6.04 Å². The molecule has 196 valence electrons. The average Bonchev–Trinajstić information content (AvgIpc) is 2.90. The summed E-state index contributed by atoms with van der Waals surface area (Å²) in [7, 11) is 3.24. The van der Waals surface area contributed by atoms with Crippen LogP contribution in [0.2, 0.25) is 0 Å². The number of nitrogens with two attached hydrogens (primary N) is 1. The van der Waals surface area contributed by atoms with Gasteiger partial charge in [0.1, 0.15) is 17.5 Å². The lowest BCUT2D eigenvalue weighted by molar-refractivity contribution is -0.127. The molecule has 2 atom stereocenters. The minimum absolute atomic E-state index is 0.154. The predicted molar refractivity (Wildman–Crippen MR) is 141 cm³/mol. The fourth-order valence-corrected chi connectivity index (χ4v) is 4.82. The number of carbonyl (C=O) groups excluding carboxylic acids is 2. The summed E-state index contributed by atoms with van der Waals surface area (Å²) in [6.07, 6.45) is 1.34. The first-order chi connectivity index (χ1) is 17.4. The van der Waals surface area contributed by atoms with E-state index in [1.165, 1.54) is 0 Å². The molecule has 0 aromatic heterocycles. The highest BCUT2D eigenvalue weighted by molar-refractivity contribution is 5.98. The summed E-state index contributed by atoms with van der Waals surface area (Å²) >= 11 is 0. The van der Waals surface area contributed by atoms with E-state index in [-0.39, 0.29) is 17.9 Å². The molecular weight excluding hydrogens is 456 g/mol. The predicted octanol–water partition coefficient (Wildman–Crippen LogP) is 2.91. The lowest BCUT2D eigenvalue weighted by Gasteiger charge is -2.43. The van der Waals surface area contributed by atoms with E-state index in [1.807, 2.05) is 12.1 Å². The van der Waals surface area contributed by atoms with Crippen molar-refractivity contribution in [3.8, 4) is 11.5 Å². The van der Waals surface area contributed by atoms with E-state index in [2.05, 4.69) is 36.2 Å². The third kappa shape index (κ3) is 7.21. The highest BCUT2D eigenvalue weighted by atomic mass is 16.5. The summed E-state index contributed by atoms with van der Waals surface area (Å²) in [4.78, 5) is 30.9. The van der Waals surface area contributed by atoms with Crippen molar-refractivity contribution >= 4 is 11.8 Å². The minimum atomic E-state index is -0.575. The Bertz CT molecular complexity index is 1010. The lowest BCUT2D eigenvalue weighted by atomic mass is 9.93. The van der Waals surface area contributed by atoms with Crippen LogP contribution in [-0.2, 0) is 11.3 Å². The summed E-state index contributed by atoms with van der Waals surface area (Å²) in [6, 6.07) is 14.8. The third-order valence-electron chi connectivity index (χ3n) is 6.53. The third-order valence-corrected chi connectivity index (χ3v) is 6.53. The molecule has 1 saturated heterocycles. The minimum Gasteiger partial charge on any atom is -0.497 e. The van der Waals surface area contributed by atoms with Gasteiger partial charge >= 0.3 is 0 Å². The van der Waals surface area contributed by atoms with Gasteiger partial charge in [-0.3, -0.25) is 14.5 Å². The molecule has 36 heavy (non-hydrogen) atoms. The second kappa shape index (κ2) is 13.3. The van der Waals surface area contributed by atoms with Gasteiger partial charge in [0.2, 0.25) is 5.91 Å². The number of benzene rings is 2. The van der Waals surface area contributed by atoms with Gasteiger partial charge in [0, 0.05) is 44.3 Å². The molecule has 1 aliphatic rings. The van der Waals surface area contributed by atoms with Crippen LogP contribution in [0.5, 0.6) is 11.5 Å². The smallest absolute Gasteiger partial charge is 0.254 e. The number of hydrogen-bond donors (Lipinski definition) is 2. The van der Waals surface area contributed by atoms with Crippen molar-refractivity contribution in [1.29, 1.82) is 0 Å². The molecule has 0 aliphatic carbocycles. The molecule has 3 N–H and O–H groups in total. The van der Waals surface area contributed by atoms with Gasteiger partial charge in [-0.2, -0.15) is 0 Å². The number of methoxy groups -OCH3 is 2. The maximum atomic E-state index is 13.5. The summed E-state index contributed by atoms with van der Waals surface area (Å²) in [5.41, 5.74) is 7.31. The van der Waals surface area contributed by atoms with E-state index >= 15 is 0 Å². The van der Waals surface area contributed by atoms with Crippen molar-refractivity contribution in [2.45, 2.75) is 45.3 Å².